The molecule has 1 atom stereocenters. The number of aromatic nitrogens is 1. The number of carbonyl (C=O) groups excluding carboxylic acids is 2. The van der Waals surface area contributed by atoms with E-state index in [1.165, 1.54) is 0 Å². The highest BCUT2D eigenvalue weighted by molar-refractivity contribution is 8.34. The number of hydrogen-bond donors (Lipinski definition) is 1. The van der Waals surface area contributed by atoms with E-state index in [0.717, 1.165) is 41.2 Å². The zero-order valence-corrected chi connectivity index (χ0v) is 18.7. The van der Waals surface area contributed by atoms with Gasteiger partial charge in [-0.15, -0.1) is 0 Å². The van der Waals surface area contributed by atoms with Gasteiger partial charge >= 0.3 is 6.16 Å². The minimum atomic E-state index is -1.12. The van der Waals surface area contributed by atoms with Crippen molar-refractivity contribution in [3.63, 3.8) is 0 Å². The molecule has 32 heavy (non-hydrogen) atoms. The van der Waals surface area contributed by atoms with Gasteiger partial charge in [-0.25, -0.2) is 14.8 Å². The average molecular weight is 450 g/mol. The van der Waals surface area contributed by atoms with Crippen LogP contribution in [0.1, 0.15) is 23.3 Å². The highest BCUT2D eigenvalue weighted by Gasteiger charge is 2.45. The lowest BCUT2D eigenvalue weighted by molar-refractivity contribution is 0.0349. The lowest BCUT2D eigenvalue weighted by Crippen LogP contribution is -2.46. The second-order valence-electron chi connectivity index (χ2n) is 8.66. The van der Waals surface area contributed by atoms with Crippen LogP contribution in [0.25, 0.3) is 11.1 Å². The molecule has 3 aromatic rings. The molecule has 3 aliphatic heterocycles. The van der Waals surface area contributed by atoms with Gasteiger partial charge in [0.15, 0.2) is 5.78 Å². The number of hydrogen-bond acceptors (Lipinski definition) is 4. The molecule has 1 N–H and O–H groups in total. The van der Waals surface area contributed by atoms with Crippen molar-refractivity contribution >= 4 is 22.0 Å². The fraction of sp³-hybridized carbons (Fsp3) is 0.308. The Morgan fingerprint density at radius 3 is 2.44 bits per heavy atom. The number of fused-ring (bicyclic) bond motifs is 3. The molecular formula is C26H27NO4S. The van der Waals surface area contributed by atoms with Crippen molar-refractivity contribution in [2.75, 3.05) is 23.0 Å². The van der Waals surface area contributed by atoms with Crippen LogP contribution in [0.2, 0.25) is 0 Å². The van der Waals surface area contributed by atoms with E-state index in [9.17, 15) is 9.59 Å². The quantitative estimate of drug-likeness (QED) is 0.299. The molecule has 0 unspecified atom stereocenters. The number of benzene rings is 2. The van der Waals surface area contributed by atoms with E-state index in [4.69, 9.17) is 9.47 Å². The SMILES string of the molecule is O=C(Oc1ccccc1-c1ccccc1)O[C@H]1CS2(CC(=O)c3ccc[nH]3)CCC1CC2. The largest absolute Gasteiger partial charge is 0.514 e. The third-order valence-electron chi connectivity index (χ3n) is 6.64. The zero-order chi connectivity index (χ0) is 22.0. The molecule has 5 nitrogen and oxygen atoms in total. The number of para-hydroxylation sites is 1. The van der Waals surface area contributed by atoms with E-state index >= 15 is 0 Å². The molecule has 6 heteroatoms. The van der Waals surface area contributed by atoms with Crippen molar-refractivity contribution in [2.24, 2.45) is 5.92 Å². The molecule has 2 bridgehead atoms. The summed E-state index contributed by atoms with van der Waals surface area (Å²) in [6, 6.07) is 21.0. The maximum Gasteiger partial charge on any atom is 0.514 e. The van der Waals surface area contributed by atoms with Crippen LogP contribution in [-0.4, -0.2) is 46.0 Å². The summed E-state index contributed by atoms with van der Waals surface area (Å²) in [5, 5.41) is 0. The summed E-state index contributed by atoms with van der Waals surface area (Å²) in [5.74, 6) is 4.59. The Bertz CT molecular complexity index is 1090. The third kappa shape index (κ3) is 4.32. The van der Waals surface area contributed by atoms with Gasteiger partial charge in [-0.1, -0.05) is 48.5 Å². The number of ketones is 1. The summed E-state index contributed by atoms with van der Waals surface area (Å²) < 4.78 is 11.5. The van der Waals surface area contributed by atoms with Crippen molar-refractivity contribution in [3.05, 3.63) is 78.6 Å². The Hall–Kier alpha value is -2.99. The summed E-state index contributed by atoms with van der Waals surface area (Å²) in [4.78, 5) is 28.5. The van der Waals surface area contributed by atoms with E-state index in [1.807, 2.05) is 60.7 Å². The van der Waals surface area contributed by atoms with E-state index in [0.29, 0.717) is 23.1 Å². The Morgan fingerprint density at radius 2 is 1.69 bits per heavy atom. The van der Waals surface area contributed by atoms with Gasteiger partial charge < -0.3 is 14.5 Å². The van der Waals surface area contributed by atoms with E-state index < -0.39 is 16.2 Å². The van der Waals surface area contributed by atoms with Gasteiger partial charge in [0.25, 0.3) is 0 Å². The molecule has 166 valence electrons. The number of H-pyrrole nitrogens is 1. The summed E-state index contributed by atoms with van der Waals surface area (Å²) in [6.45, 7) is 0. The molecule has 0 amide bonds. The third-order valence-corrected chi connectivity index (χ3v) is 10.7. The molecule has 4 heterocycles. The van der Waals surface area contributed by atoms with E-state index in [-0.39, 0.29) is 11.9 Å². The molecule has 3 saturated heterocycles. The molecule has 3 fully saturated rings. The lowest BCUT2D eigenvalue weighted by atomic mass is 9.96. The van der Waals surface area contributed by atoms with Crippen LogP contribution >= 0.6 is 10.0 Å². The minimum Gasteiger partial charge on any atom is -0.430 e. The van der Waals surface area contributed by atoms with Crippen molar-refractivity contribution in [1.82, 2.24) is 4.98 Å². The first-order valence-electron chi connectivity index (χ1n) is 11.1. The first-order valence-corrected chi connectivity index (χ1v) is 13.4. The fourth-order valence-electron chi connectivity index (χ4n) is 4.91. The first-order chi connectivity index (χ1) is 15.6. The Kier molecular flexibility index (Phi) is 5.79. The molecule has 6 rings (SSSR count). The van der Waals surface area contributed by atoms with Crippen LogP contribution < -0.4 is 4.74 Å². The van der Waals surface area contributed by atoms with Crippen LogP contribution in [0.3, 0.4) is 0 Å². The van der Waals surface area contributed by atoms with Crippen LogP contribution in [0.5, 0.6) is 5.75 Å². The highest BCUT2D eigenvalue weighted by atomic mass is 32.3. The fourth-order valence-corrected chi connectivity index (χ4v) is 9.21. The minimum absolute atomic E-state index is 0.166. The van der Waals surface area contributed by atoms with Crippen molar-refractivity contribution < 1.29 is 19.1 Å². The second kappa shape index (κ2) is 8.87. The number of rotatable bonds is 6. The molecule has 1 aromatic heterocycles. The molecule has 3 aliphatic rings. The topological polar surface area (TPSA) is 68.4 Å². The van der Waals surface area contributed by atoms with Gasteiger partial charge in [-0.3, -0.25) is 4.79 Å². The normalized spacial score (nSPS) is 26.1. The van der Waals surface area contributed by atoms with Gasteiger partial charge in [0, 0.05) is 23.3 Å². The van der Waals surface area contributed by atoms with Gasteiger partial charge in [0.1, 0.15) is 11.9 Å². The van der Waals surface area contributed by atoms with Crippen LogP contribution in [0, 0.1) is 5.92 Å². The first kappa shape index (κ1) is 20.9. The summed E-state index contributed by atoms with van der Waals surface area (Å²) >= 11 is 0. The van der Waals surface area contributed by atoms with Gasteiger partial charge in [-0.05, 0) is 54.0 Å². The molecular weight excluding hydrogens is 422 g/mol. The van der Waals surface area contributed by atoms with Crippen molar-refractivity contribution in [1.29, 1.82) is 0 Å². The van der Waals surface area contributed by atoms with Crippen molar-refractivity contribution in [3.8, 4) is 16.9 Å². The second-order valence-corrected chi connectivity index (χ2v) is 12.5. The summed E-state index contributed by atoms with van der Waals surface area (Å²) in [6.07, 6.45) is 3.00. The van der Waals surface area contributed by atoms with Crippen molar-refractivity contribution in [2.45, 2.75) is 18.9 Å². The number of nitrogens with one attached hydrogen (secondary N) is 1. The van der Waals surface area contributed by atoms with Crippen LogP contribution in [0.15, 0.2) is 72.9 Å². The predicted molar refractivity (Wildman–Crippen MR) is 128 cm³/mol. The summed E-state index contributed by atoms with van der Waals surface area (Å²) in [5.41, 5.74) is 2.52. The molecule has 0 saturated carbocycles. The lowest BCUT2D eigenvalue weighted by Gasteiger charge is -2.53. The number of ether oxygens (including phenoxy) is 2. The predicted octanol–water partition coefficient (Wildman–Crippen LogP) is 5.68. The van der Waals surface area contributed by atoms with E-state index in [1.54, 1.807) is 12.3 Å². The highest BCUT2D eigenvalue weighted by Crippen LogP contribution is 2.60. The Labute approximate surface area is 189 Å². The number of aromatic amines is 1. The molecule has 0 spiro atoms. The number of Topliss-reactive ketones (excluding diaryl/α,β-unsaturated/α-hetero) is 1. The monoisotopic (exact) mass is 449 g/mol. The van der Waals surface area contributed by atoms with Gasteiger partial charge in [0.2, 0.25) is 0 Å². The standard InChI is InChI=1S/C26H27NO4S/c28-23(22-10-6-14-27-22)17-32-15-12-20(13-16-32)25(18-32)31-26(29)30-24-11-5-4-9-21(24)19-7-2-1-3-8-19/h1-11,14,20,25,27H,12-13,15-18H2/t25-/m0/s1. The maximum atomic E-state index is 12.8. The maximum absolute atomic E-state index is 12.8. The zero-order valence-electron chi connectivity index (χ0n) is 17.9. The average Bonchev–Trinajstić information content (AvgIpc) is 3.36. The molecule has 0 radical (unpaired) electrons. The molecule has 0 aliphatic carbocycles. The number of carbonyl (C=O) groups is 2. The summed E-state index contributed by atoms with van der Waals surface area (Å²) in [7, 11) is -1.12. The van der Waals surface area contributed by atoms with Gasteiger partial charge in [-0.2, -0.15) is 0 Å². The Morgan fingerprint density at radius 1 is 0.938 bits per heavy atom. The smallest absolute Gasteiger partial charge is 0.430 e. The van der Waals surface area contributed by atoms with Crippen LogP contribution in [-0.2, 0) is 4.74 Å². The van der Waals surface area contributed by atoms with Crippen LogP contribution in [0.4, 0.5) is 4.79 Å². The molecule has 2 aromatic carbocycles. The Balaban J connectivity index is 1.26. The van der Waals surface area contributed by atoms with Gasteiger partial charge in [0.05, 0.1) is 5.69 Å². The van der Waals surface area contributed by atoms with E-state index in [2.05, 4.69) is 4.98 Å².